The zero-order valence-electron chi connectivity index (χ0n) is 12.2. The van der Waals surface area contributed by atoms with E-state index in [0.29, 0.717) is 0 Å². The van der Waals surface area contributed by atoms with Crippen molar-refractivity contribution in [2.45, 2.75) is 26.2 Å². The van der Waals surface area contributed by atoms with Gasteiger partial charge >= 0.3 is 0 Å². The molecule has 108 valence electrons. The minimum Gasteiger partial charge on any atom is -0.494 e. The lowest BCUT2D eigenvalue weighted by molar-refractivity contribution is 0.306. The second kappa shape index (κ2) is 8.39. The molecular weight excluding hydrogens is 280 g/mol. The number of benzene rings is 2. The summed E-state index contributed by atoms with van der Waals surface area (Å²) in [7, 11) is 0. The van der Waals surface area contributed by atoms with E-state index in [0.717, 1.165) is 34.9 Å². The smallest absolute Gasteiger partial charge is 0.119 e. The Kier molecular flexibility index (Phi) is 6.19. The molecule has 0 heterocycles. The fourth-order valence-electron chi connectivity index (χ4n) is 1.85. The van der Waals surface area contributed by atoms with Crippen molar-refractivity contribution < 1.29 is 4.74 Å². The van der Waals surface area contributed by atoms with Crippen LogP contribution in [0.3, 0.4) is 0 Å². The predicted molar refractivity (Wildman–Crippen MR) is 88.9 cm³/mol. The van der Waals surface area contributed by atoms with Crippen LogP contribution < -0.4 is 4.74 Å². The van der Waals surface area contributed by atoms with Crippen LogP contribution in [0.5, 0.6) is 5.75 Å². The van der Waals surface area contributed by atoms with E-state index < -0.39 is 0 Å². The van der Waals surface area contributed by atoms with E-state index in [2.05, 4.69) is 18.8 Å². The number of unbranched alkanes of at least 4 members (excludes halogenated alkanes) is 2. The molecule has 2 rings (SSSR count). The molecule has 0 N–H and O–H groups in total. The normalized spacial score (nSPS) is 9.81. The van der Waals surface area contributed by atoms with Crippen LogP contribution >= 0.6 is 11.6 Å². The van der Waals surface area contributed by atoms with Gasteiger partial charge in [0.15, 0.2) is 0 Å². The van der Waals surface area contributed by atoms with Crippen LogP contribution in [-0.4, -0.2) is 6.61 Å². The molecule has 0 aliphatic carbocycles. The van der Waals surface area contributed by atoms with Gasteiger partial charge in [-0.2, -0.15) is 0 Å². The van der Waals surface area contributed by atoms with E-state index >= 15 is 0 Å². The number of ether oxygens (including phenoxy) is 1. The van der Waals surface area contributed by atoms with Gasteiger partial charge in [0.1, 0.15) is 5.75 Å². The Morgan fingerprint density at radius 1 is 0.857 bits per heavy atom. The average molecular weight is 299 g/mol. The lowest BCUT2D eigenvalue weighted by Crippen LogP contribution is -1.96. The van der Waals surface area contributed by atoms with Crippen molar-refractivity contribution >= 4 is 11.6 Å². The van der Waals surface area contributed by atoms with Gasteiger partial charge in [-0.3, -0.25) is 0 Å². The Balaban J connectivity index is 1.92. The molecular formula is C19H19ClO. The monoisotopic (exact) mass is 298 g/mol. The third kappa shape index (κ3) is 5.53. The second-order valence-corrected chi connectivity index (χ2v) is 5.27. The highest BCUT2D eigenvalue weighted by atomic mass is 35.5. The molecule has 0 aliphatic heterocycles. The van der Waals surface area contributed by atoms with Crippen molar-refractivity contribution in [1.29, 1.82) is 0 Å². The SMILES string of the molecule is CCCCCOc1ccc(C#Cc2ccc(Cl)cc2)cc1. The lowest BCUT2D eigenvalue weighted by Gasteiger charge is -2.05. The van der Waals surface area contributed by atoms with Crippen molar-refractivity contribution in [3.63, 3.8) is 0 Å². The van der Waals surface area contributed by atoms with Gasteiger partial charge in [0.05, 0.1) is 6.61 Å². The summed E-state index contributed by atoms with van der Waals surface area (Å²) in [5, 5.41) is 0.727. The van der Waals surface area contributed by atoms with Gasteiger partial charge in [-0.25, -0.2) is 0 Å². The first kappa shape index (κ1) is 15.5. The molecule has 2 aromatic rings. The van der Waals surface area contributed by atoms with E-state index in [4.69, 9.17) is 16.3 Å². The summed E-state index contributed by atoms with van der Waals surface area (Å²) in [6.07, 6.45) is 3.53. The van der Waals surface area contributed by atoms with Gasteiger partial charge in [0, 0.05) is 16.1 Å². The topological polar surface area (TPSA) is 9.23 Å². The largest absolute Gasteiger partial charge is 0.494 e. The summed E-state index contributed by atoms with van der Waals surface area (Å²) in [6.45, 7) is 2.97. The second-order valence-electron chi connectivity index (χ2n) is 4.84. The first-order valence-electron chi connectivity index (χ1n) is 7.28. The van der Waals surface area contributed by atoms with Crippen LogP contribution in [0.4, 0.5) is 0 Å². The van der Waals surface area contributed by atoms with Crippen molar-refractivity contribution in [2.75, 3.05) is 6.61 Å². The van der Waals surface area contributed by atoms with Crippen molar-refractivity contribution in [3.05, 3.63) is 64.7 Å². The minimum absolute atomic E-state index is 0.727. The number of hydrogen-bond acceptors (Lipinski definition) is 1. The maximum Gasteiger partial charge on any atom is 0.119 e. The molecule has 0 aromatic heterocycles. The zero-order chi connectivity index (χ0) is 14.9. The summed E-state index contributed by atoms with van der Waals surface area (Å²) in [4.78, 5) is 0. The van der Waals surface area contributed by atoms with Crippen molar-refractivity contribution in [2.24, 2.45) is 0 Å². The van der Waals surface area contributed by atoms with Gasteiger partial charge in [0.2, 0.25) is 0 Å². The summed E-state index contributed by atoms with van der Waals surface area (Å²) >= 11 is 5.85. The van der Waals surface area contributed by atoms with Crippen LogP contribution in [-0.2, 0) is 0 Å². The summed E-state index contributed by atoms with van der Waals surface area (Å²) < 4.78 is 5.68. The highest BCUT2D eigenvalue weighted by molar-refractivity contribution is 6.30. The quantitative estimate of drug-likeness (QED) is 0.537. The van der Waals surface area contributed by atoms with Gasteiger partial charge in [-0.1, -0.05) is 43.2 Å². The first-order valence-corrected chi connectivity index (χ1v) is 7.66. The molecule has 0 spiro atoms. The third-order valence-electron chi connectivity index (χ3n) is 3.07. The lowest BCUT2D eigenvalue weighted by atomic mass is 10.2. The Labute approximate surface area is 131 Å². The molecule has 0 unspecified atom stereocenters. The third-order valence-corrected chi connectivity index (χ3v) is 3.32. The van der Waals surface area contributed by atoms with Crippen molar-refractivity contribution in [3.8, 4) is 17.6 Å². The number of halogens is 1. The molecule has 2 aromatic carbocycles. The molecule has 21 heavy (non-hydrogen) atoms. The number of rotatable bonds is 5. The Morgan fingerprint density at radius 2 is 1.43 bits per heavy atom. The van der Waals surface area contributed by atoms with E-state index in [1.54, 1.807) is 0 Å². The summed E-state index contributed by atoms with van der Waals surface area (Å²) in [5.41, 5.74) is 1.94. The molecule has 0 atom stereocenters. The standard InChI is InChI=1S/C19H19ClO/c1-2-3-4-15-21-19-13-9-17(10-14-19)6-5-16-7-11-18(20)12-8-16/h7-14H,2-4,15H2,1H3. The zero-order valence-corrected chi connectivity index (χ0v) is 13.0. The van der Waals surface area contributed by atoms with E-state index in [-0.39, 0.29) is 0 Å². The fraction of sp³-hybridized carbons (Fsp3) is 0.263. The van der Waals surface area contributed by atoms with Gasteiger partial charge < -0.3 is 4.74 Å². The van der Waals surface area contributed by atoms with Crippen LogP contribution in [0.1, 0.15) is 37.3 Å². The highest BCUT2D eigenvalue weighted by Gasteiger charge is 1.94. The fourth-order valence-corrected chi connectivity index (χ4v) is 1.98. The van der Waals surface area contributed by atoms with Crippen LogP contribution in [0.15, 0.2) is 48.5 Å². The Morgan fingerprint density at radius 3 is 2.00 bits per heavy atom. The number of hydrogen-bond donors (Lipinski definition) is 0. The van der Waals surface area contributed by atoms with Crippen LogP contribution in [0.2, 0.25) is 5.02 Å². The molecule has 0 saturated carbocycles. The molecule has 0 aliphatic rings. The van der Waals surface area contributed by atoms with Gasteiger partial charge in [-0.15, -0.1) is 0 Å². The molecule has 0 radical (unpaired) electrons. The Hall–Kier alpha value is -1.91. The summed E-state index contributed by atoms with van der Waals surface area (Å²) in [5.74, 6) is 7.16. The molecule has 1 nitrogen and oxygen atoms in total. The minimum atomic E-state index is 0.727. The molecule has 0 saturated heterocycles. The maximum absolute atomic E-state index is 5.85. The maximum atomic E-state index is 5.85. The predicted octanol–water partition coefficient (Wildman–Crippen LogP) is 5.31. The van der Waals surface area contributed by atoms with Gasteiger partial charge in [0.25, 0.3) is 0 Å². The molecule has 0 fully saturated rings. The first-order chi connectivity index (χ1) is 10.3. The van der Waals surface area contributed by atoms with E-state index in [1.807, 2.05) is 48.5 Å². The molecule has 2 heteroatoms. The van der Waals surface area contributed by atoms with Crippen LogP contribution in [0.25, 0.3) is 0 Å². The molecule has 0 amide bonds. The molecule has 0 bridgehead atoms. The van der Waals surface area contributed by atoms with E-state index in [9.17, 15) is 0 Å². The van der Waals surface area contributed by atoms with E-state index in [1.165, 1.54) is 12.8 Å². The van der Waals surface area contributed by atoms with Crippen molar-refractivity contribution in [1.82, 2.24) is 0 Å². The Bertz CT molecular complexity index is 603. The van der Waals surface area contributed by atoms with Crippen LogP contribution in [0, 0.1) is 11.8 Å². The highest BCUT2D eigenvalue weighted by Crippen LogP contribution is 2.13. The van der Waals surface area contributed by atoms with Gasteiger partial charge in [-0.05, 0) is 55.0 Å². The average Bonchev–Trinajstić information content (AvgIpc) is 2.52. The summed E-state index contributed by atoms with van der Waals surface area (Å²) in [6, 6.07) is 15.4.